The number of rotatable bonds is 4. The number of amides is 1. The van der Waals surface area contributed by atoms with Crippen molar-refractivity contribution in [3.05, 3.63) is 64.7 Å². The molecule has 24 heavy (non-hydrogen) atoms. The number of carbonyl (C=O) groups excluding carboxylic acids is 2. The maximum absolute atomic E-state index is 12.6. The van der Waals surface area contributed by atoms with Gasteiger partial charge in [0, 0.05) is 5.69 Å². The molecule has 4 nitrogen and oxygen atoms in total. The van der Waals surface area contributed by atoms with Crippen molar-refractivity contribution in [2.75, 3.05) is 12.4 Å². The Bertz CT molecular complexity index is 812. The Morgan fingerprint density at radius 3 is 2.67 bits per heavy atom. The third-order valence-electron chi connectivity index (χ3n) is 4.74. The van der Waals surface area contributed by atoms with Gasteiger partial charge < -0.3 is 10.1 Å². The molecular weight excluding hydrogens is 302 g/mol. The summed E-state index contributed by atoms with van der Waals surface area (Å²) in [7, 11) is 1.36. The molecule has 0 saturated carbocycles. The summed E-state index contributed by atoms with van der Waals surface area (Å²) in [6, 6.07) is 13.4. The monoisotopic (exact) mass is 323 g/mol. The van der Waals surface area contributed by atoms with E-state index < -0.39 is 5.41 Å². The minimum atomic E-state index is -0.643. The van der Waals surface area contributed by atoms with Crippen LogP contribution in [0.5, 0.6) is 0 Å². The molecule has 2 aromatic rings. The van der Waals surface area contributed by atoms with Crippen molar-refractivity contribution in [3.63, 3.8) is 0 Å². The van der Waals surface area contributed by atoms with Gasteiger partial charge in [-0.3, -0.25) is 4.79 Å². The van der Waals surface area contributed by atoms with Crippen molar-refractivity contribution >= 4 is 17.6 Å². The largest absolute Gasteiger partial charge is 0.465 e. The van der Waals surface area contributed by atoms with E-state index in [1.54, 1.807) is 12.1 Å². The molecule has 1 unspecified atom stereocenters. The van der Waals surface area contributed by atoms with Gasteiger partial charge >= 0.3 is 5.97 Å². The van der Waals surface area contributed by atoms with Crippen LogP contribution in [0.3, 0.4) is 0 Å². The van der Waals surface area contributed by atoms with Gasteiger partial charge in [-0.15, -0.1) is 0 Å². The summed E-state index contributed by atoms with van der Waals surface area (Å²) in [6.07, 6.45) is 1.46. The van der Waals surface area contributed by atoms with Crippen LogP contribution in [0.15, 0.2) is 42.5 Å². The maximum Gasteiger partial charge on any atom is 0.337 e. The summed E-state index contributed by atoms with van der Waals surface area (Å²) < 4.78 is 4.77. The van der Waals surface area contributed by atoms with Gasteiger partial charge in [-0.05, 0) is 54.7 Å². The van der Waals surface area contributed by atoms with Crippen molar-refractivity contribution in [2.24, 2.45) is 0 Å². The number of hydrogen-bond donors (Lipinski definition) is 1. The third-order valence-corrected chi connectivity index (χ3v) is 4.74. The number of aryl methyl sites for hydroxylation is 1. The highest BCUT2D eigenvalue weighted by atomic mass is 16.5. The molecule has 4 heteroatoms. The van der Waals surface area contributed by atoms with Crippen molar-refractivity contribution in [3.8, 4) is 0 Å². The topological polar surface area (TPSA) is 55.4 Å². The number of nitrogens with one attached hydrogen (secondary N) is 1. The van der Waals surface area contributed by atoms with Gasteiger partial charge in [0.2, 0.25) is 5.91 Å². The second kappa shape index (κ2) is 6.11. The van der Waals surface area contributed by atoms with Crippen LogP contribution in [0.4, 0.5) is 5.69 Å². The lowest BCUT2D eigenvalue weighted by Crippen LogP contribution is -2.33. The molecule has 1 heterocycles. The average Bonchev–Trinajstić information content (AvgIpc) is 2.84. The molecule has 0 aromatic heterocycles. The fourth-order valence-electron chi connectivity index (χ4n) is 3.29. The Balaban J connectivity index is 1.96. The predicted octanol–water partition coefficient (Wildman–Crippen LogP) is 3.49. The second-order valence-corrected chi connectivity index (χ2v) is 6.39. The standard InChI is InChI=1S/C20H21NO3/c1-4-13-8-9-16-17(11-13)21-19(23)20(16,2)12-14-6-5-7-15(10-14)18(22)24-3/h5-11H,4,12H2,1-3H3,(H,21,23). The van der Waals surface area contributed by atoms with Crippen LogP contribution in [0.2, 0.25) is 0 Å². The van der Waals surface area contributed by atoms with E-state index in [0.29, 0.717) is 12.0 Å². The first-order valence-electron chi connectivity index (χ1n) is 8.10. The van der Waals surface area contributed by atoms with Gasteiger partial charge in [0.1, 0.15) is 0 Å². The van der Waals surface area contributed by atoms with Gasteiger partial charge in [0.25, 0.3) is 0 Å². The van der Waals surface area contributed by atoms with Crippen LogP contribution in [-0.2, 0) is 27.8 Å². The van der Waals surface area contributed by atoms with E-state index in [1.807, 2.05) is 31.2 Å². The Hall–Kier alpha value is -2.62. The van der Waals surface area contributed by atoms with E-state index in [0.717, 1.165) is 23.2 Å². The van der Waals surface area contributed by atoms with Gasteiger partial charge in [-0.1, -0.05) is 31.2 Å². The molecule has 0 spiro atoms. The van der Waals surface area contributed by atoms with Gasteiger partial charge in [-0.2, -0.15) is 0 Å². The lowest BCUT2D eigenvalue weighted by molar-refractivity contribution is -0.120. The van der Waals surface area contributed by atoms with Gasteiger partial charge in [0.15, 0.2) is 0 Å². The number of carbonyl (C=O) groups is 2. The first kappa shape index (κ1) is 16.2. The predicted molar refractivity (Wildman–Crippen MR) is 93.3 cm³/mol. The normalized spacial score (nSPS) is 18.9. The van der Waals surface area contributed by atoms with Gasteiger partial charge in [-0.25, -0.2) is 4.79 Å². The highest BCUT2D eigenvalue weighted by Gasteiger charge is 2.42. The zero-order chi connectivity index (χ0) is 17.3. The molecule has 124 valence electrons. The van der Waals surface area contributed by atoms with Crippen molar-refractivity contribution in [1.29, 1.82) is 0 Å². The van der Waals surface area contributed by atoms with E-state index >= 15 is 0 Å². The Labute approximate surface area is 141 Å². The highest BCUT2D eigenvalue weighted by molar-refractivity contribution is 6.06. The summed E-state index contributed by atoms with van der Waals surface area (Å²) in [6.45, 7) is 4.04. The van der Waals surface area contributed by atoms with Crippen molar-refractivity contribution in [2.45, 2.75) is 32.1 Å². The van der Waals surface area contributed by atoms with Gasteiger partial charge in [0.05, 0.1) is 18.1 Å². The Kier molecular flexibility index (Phi) is 4.14. The molecule has 0 bridgehead atoms. The highest BCUT2D eigenvalue weighted by Crippen LogP contribution is 2.40. The van der Waals surface area contributed by atoms with Crippen molar-refractivity contribution in [1.82, 2.24) is 0 Å². The number of ether oxygens (including phenoxy) is 1. The zero-order valence-corrected chi connectivity index (χ0v) is 14.2. The fraction of sp³-hybridized carbons (Fsp3) is 0.300. The molecule has 1 N–H and O–H groups in total. The van der Waals surface area contributed by atoms with E-state index in [2.05, 4.69) is 18.3 Å². The number of benzene rings is 2. The number of methoxy groups -OCH3 is 1. The van der Waals surface area contributed by atoms with E-state index in [1.165, 1.54) is 12.7 Å². The van der Waals surface area contributed by atoms with Crippen LogP contribution < -0.4 is 5.32 Å². The Morgan fingerprint density at radius 1 is 1.17 bits per heavy atom. The third kappa shape index (κ3) is 2.68. The zero-order valence-electron chi connectivity index (χ0n) is 14.2. The number of hydrogen-bond acceptors (Lipinski definition) is 3. The lowest BCUT2D eigenvalue weighted by atomic mass is 9.78. The first-order chi connectivity index (χ1) is 11.5. The second-order valence-electron chi connectivity index (χ2n) is 6.39. The fourth-order valence-corrected chi connectivity index (χ4v) is 3.29. The molecule has 1 aliphatic heterocycles. The lowest BCUT2D eigenvalue weighted by Gasteiger charge is -2.22. The van der Waals surface area contributed by atoms with Crippen LogP contribution in [-0.4, -0.2) is 19.0 Å². The summed E-state index contributed by atoms with van der Waals surface area (Å²) in [5.41, 5.74) is 3.89. The maximum atomic E-state index is 12.6. The average molecular weight is 323 g/mol. The molecule has 0 radical (unpaired) electrons. The molecular formula is C20H21NO3. The van der Waals surface area contributed by atoms with E-state index in [9.17, 15) is 9.59 Å². The first-order valence-corrected chi connectivity index (χ1v) is 8.10. The molecule has 1 amide bonds. The summed E-state index contributed by atoms with van der Waals surface area (Å²) in [4.78, 5) is 24.3. The molecule has 0 saturated heterocycles. The van der Waals surface area contributed by atoms with Crippen LogP contribution in [0.1, 0.15) is 40.9 Å². The summed E-state index contributed by atoms with van der Waals surface area (Å²) >= 11 is 0. The summed E-state index contributed by atoms with van der Waals surface area (Å²) in [5, 5.41) is 3.00. The SMILES string of the molecule is CCc1ccc2c(c1)NC(=O)C2(C)Cc1cccc(C(=O)OC)c1. The molecule has 0 fully saturated rings. The number of esters is 1. The van der Waals surface area contributed by atoms with E-state index in [-0.39, 0.29) is 11.9 Å². The summed E-state index contributed by atoms with van der Waals surface area (Å²) in [5.74, 6) is -0.375. The molecule has 1 aliphatic rings. The molecule has 1 atom stereocenters. The van der Waals surface area contributed by atoms with Crippen LogP contribution in [0, 0.1) is 0 Å². The molecule has 2 aromatic carbocycles. The quantitative estimate of drug-likeness (QED) is 0.876. The minimum Gasteiger partial charge on any atom is -0.465 e. The Morgan fingerprint density at radius 2 is 1.96 bits per heavy atom. The smallest absolute Gasteiger partial charge is 0.337 e. The van der Waals surface area contributed by atoms with Crippen molar-refractivity contribution < 1.29 is 14.3 Å². The minimum absolute atomic E-state index is 0.00535. The number of fused-ring (bicyclic) bond motifs is 1. The molecule has 0 aliphatic carbocycles. The number of anilines is 1. The van der Waals surface area contributed by atoms with E-state index in [4.69, 9.17) is 4.74 Å². The van der Waals surface area contributed by atoms with Crippen LogP contribution in [0.25, 0.3) is 0 Å². The molecule has 3 rings (SSSR count). The van der Waals surface area contributed by atoms with Crippen LogP contribution >= 0.6 is 0 Å².